The molecule has 170 valence electrons. The quantitative estimate of drug-likeness (QED) is 0.580. The van der Waals surface area contributed by atoms with Crippen LogP contribution in [0, 0.1) is 0 Å². The number of hydrogen-bond acceptors (Lipinski definition) is 5. The van der Waals surface area contributed by atoms with Crippen LogP contribution in [0.5, 0.6) is 5.75 Å². The molecule has 6 heteroatoms. The van der Waals surface area contributed by atoms with Gasteiger partial charge >= 0.3 is 0 Å². The number of ether oxygens (including phenoxy) is 2. The Morgan fingerprint density at radius 2 is 1.94 bits per heavy atom. The molecule has 1 amide bonds. The van der Waals surface area contributed by atoms with Crippen LogP contribution < -0.4 is 9.64 Å². The number of methoxy groups -OCH3 is 1. The second-order valence-corrected chi connectivity index (χ2v) is 9.02. The number of amides is 1. The maximum Gasteiger partial charge on any atom is 0.251 e. The van der Waals surface area contributed by atoms with Gasteiger partial charge in [-0.2, -0.15) is 0 Å². The SMILES string of the molecule is COc1ccc(CN2C[C@@]3(CO[C@@H](C(=O)N(C)Cc4ccccn4)C3)c3ccccc32)cc1. The Morgan fingerprint density at radius 1 is 1.15 bits per heavy atom. The largest absolute Gasteiger partial charge is 0.497 e. The van der Waals surface area contributed by atoms with E-state index in [9.17, 15) is 4.79 Å². The van der Waals surface area contributed by atoms with Gasteiger partial charge in [-0.25, -0.2) is 0 Å². The Labute approximate surface area is 194 Å². The fraction of sp³-hybridized carbons (Fsp3) is 0.333. The van der Waals surface area contributed by atoms with E-state index in [1.807, 2.05) is 37.4 Å². The molecule has 1 spiro atoms. The number of rotatable bonds is 6. The van der Waals surface area contributed by atoms with E-state index in [1.54, 1.807) is 18.2 Å². The Balaban J connectivity index is 1.32. The summed E-state index contributed by atoms with van der Waals surface area (Å²) in [6.07, 6.45) is 2.00. The molecule has 1 aromatic heterocycles. The average molecular weight is 444 g/mol. The number of likely N-dealkylation sites (N-methyl/N-ethyl adjacent to an activating group) is 1. The summed E-state index contributed by atoms with van der Waals surface area (Å²) in [5, 5.41) is 0. The zero-order valence-corrected chi connectivity index (χ0v) is 19.1. The molecule has 0 radical (unpaired) electrons. The number of anilines is 1. The van der Waals surface area contributed by atoms with E-state index < -0.39 is 6.10 Å². The van der Waals surface area contributed by atoms with Crippen LogP contribution in [0.3, 0.4) is 0 Å². The van der Waals surface area contributed by atoms with Crippen LogP contribution in [-0.4, -0.2) is 49.2 Å². The number of aromatic nitrogens is 1. The van der Waals surface area contributed by atoms with Crippen molar-refractivity contribution in [2.75, 3.05) is 32.2 Å². The standard InChI is InChI=1S/C27H29N3O3/c1-29(17-21-7-5-6-14-28-21)26(31)25-15-27(19-33-25)18-30(24-9-4-3-8-23(24)27)16-20-10-12-22(32-2)13-11-20/h3-14,25H,15-19H2,1-2H3/t25-,27+/m1/s1. The van der Waals surface area contributed by atoms with Gasteiger partial charge in [0, 0.05) is 37.4 Å². The molecule has 5 rings (SSSR count). The van der Waals surface area contributed by atoms with Gasteiger partial charge in [0.15, 0.2) is 0 Å². The Bertz CT molecular complexity index is 1120. The molecule has 2 aromatic carbocycles. The van der Waals surface area contributed by atoms with Crippen LogP contribution >= 0.6 is 0 Å². The minimum Gasteiger partial charge on any atom is -0.497 e. The molecule has 0 N–H and O–H groups in total. The van der Waals surface area contributed by atoms with Crippen molar-refractivity contribution < 1.29 is 14.3 Å². The molecule has 0 bridgehead atoms. The monoisotopic (exact) mass is 443 g/mol. The van der Waals surface area contributed by atoms with Crippen LogP contribution in [0.15, 0.2) is 72.9 Å². The van der Waals surface area contributed by atoms with Crippen molar-refractivity contribution in [3.8, 4) is 5.75 Å². The van der Waals surface area contributed by atoms with Crippen molar-refractivity contribution in [2.24, 2.45) is 0 Å². The van der Waals surface area contributed by atoms with Crippen molar-refractivity contribution in [1.82, 2.24) is 9.88 Å². The van der Waals surface area contributed by atoms with Gasteiger partial charge in [-0.15, -0.1) is 0 Å². The summed E-state index contributed by atoms with van der Waals surface area (Å²) in [7, 11) is 3.50. The topological polar surface area (TPSA) is 54.9 Å². The lowest BCUT2D eigenvalue weighted by Crippen LogP contribution is -2.38. The number of nitrogens with zero attached hydrogens (tertiary/aromatic N) is 3. The number of pyridine rings is 1. The van der Waals surface area contributed by atoms with Crippen LogP contribution in [0.1, 0.15) is 23.2 Å². The molecule has 33 heavy (non-hydrogen) atoms. The van der Waals surface area contributed by atoms with E-state index in [0.29, 0.717) is 19.6 Å². The molecule has 0 saturated carbocycles. The minimum absolute atomic E-state index is 0.0172. The van der Waals surface area contributed by atoms with Crippen molar-refractivity contribution in [2.45, 2.75) is 31.0 Å². The fourth-order valence-corrected chi connectivity index (χ4v) is 5.07. The molecule has 0 unspecified atom stereocenters. The summed E-state index contributed by atoms with van der Waals surface area (Å²) in [5.74, 6) is 0.876. The maximum atomic E-state index is 13.2. The summed E-state index contributed by atoms with van der Waals surface area (Å²) in [4.78, 5) is 21.7. The first-order valence-electron chi connectivity index (χ1n) is 11.3. The van der Waals surface area contributed by atoms with Crippen molar-refractivity contribution >= 4 is 11.6 Å². The predicted octanol–water partition coefficient (Wildman–Crippen LogP) is 3.80. The number of hydrogen-bond donors (Lipinski definition) is 0. The third-order valence-corrected chi connectivity index (χ3v) is 6.76. The second-order valence-electron chi connectivity index (χ2n) is 9.02. The highest BCUT2D eigenvalue weighted by atomic mass is 16.5. The maximum absolute atomic E-state index is 13.2. The van der Waals surface area contributed by atoms with E-state index in [1.165, 1.54) is 16.8 Å². The summed E-state index contributed by atoms with van der Waals surface area (Å²) in [6.45, 7) is 2.68. The third-order valence-electron chi connectivity index (χ3n) is 6.76. The van der Waals surface area contributed by atoms with Crippen LogP contribution in [0.2, 0.25) is 0 Å². The zero-order chi connectivity index (χ0) is 22.8. The lowest BCUT2D eigenvalue weighted by atomic mass is 9.80. The fourth-order valence-electron chi connectivity index (χ4n) is 5.07. The van der Waals surface area contributed by atoms with Gasteiger partial charge in [0.05, 0.1) is 26.0 Å². The molecular formula is C27H29N3O3. The Hall–Kier alpha value is -3.38. The first-order valence-corrected chi connectivity index (χ1v) is 11.3. The Morgan fingerprint density at radius 3 is 2.70 bits per heavy atom. The molecular weight excluding hydrogens is 414 g/mol. The van der Waals surface area contributed by atoms with Crippen LogP contribution in [0.4, 0.5) is 5.69 Å². The van der Waals surface area contributed by atoms with Gasteiger partial charge in [0.25, 0.3) is 5.91 Å². The minimum atomic E-state index is -0.437. The number of carbonyl (C=O) groups is 1. The van der Waals surface area contributed by atoms with E-state index in [4.69, 9.17) is 9.47 Å². The highest BCUT2D eigenvalue weighted by molar-refractivity contribution is 5.81. The second kappa shape index (κ2) is 8.87. The number of para-hydroxylation sites is 1. The number of fused-ring (bicyclic) bond motifs is 2. The normalized spacial score (nSPS) is 21.3. The van der Waals surface area contributed by atoms with Crippen LogP contribution in [-0.2, 0) is 28.0 Å². The highest BCUT2D eigenvalue weighted by Crippen LogP contribution is 2.48. The van der Waals surface area contributed by atoms with Gasteiger partial charge in [0.2, 0.25) is 0 Å². The third kappa shape index (κ3) is 4.18. The summed E-state index contributed by atoms with van der Waals surface area (Å²) in [5.41, 5.74) is 4.44. The molecule has 6 nitrogen and oxygen atoms in total. The van der Waals surface area contributed by atoms with Crippen molar-refractivity contribution in [1.29, 1.82) is 0 Å². The lowest BCUT2D eigenvalue weighted by Gasteiger charge is -2.25. The summed E-state index contributed by atoms with van der Waals surface area (Å²) < 4.78 is 11.4. The number of benzene rings is 2. The van der Waals surface area contributed by atoms with Gasteiger partial charge < -0.3 is 19.3 Å². The number of carbonyl (C=O) groups excluding carboxylic acids is 1. The Kier molecular flexibility index (Phi) is 5.77. The molecule has 2 aliphatic heterocycles. The van der Waals surface area contributed by atoms with Gasteiger partial charge in [0.1, 0.15) is 11.9 Å². The summed E-state index contributed by atoms with van der Waals surface area (Å²) >= 11 is 0. The van der Waals surface area contributed by atoms with Gasteiger partial charge in [-0.1, -0.05) is 36.4 Å². The lowest BCUT2D eigenvalue weighted by molar-refractivity contribution is -0.140. The molecule has 0 aliphatic carbocycles. The molecule has 2 aliphatic rings. The summed E-state index contributed by atoms with van der Waals surface area (Å²) in [6, 6.07) is 22.5. The van der Waals surface area contributed by atoms with Gasteiger partial charge in [-0.3, -0.25) is 9.78 Å². The molecule has 1 fully saturated rings. The first kappa shape index (κ1) is 21.5. The van der Waals surface area contributed by atoms with E-state index in [-0.39, 0.29) is 11.3 Å². The molecule has 3 heterocycles. The zero-order valence-electron chi connectivity index (χ0n) is 19.1. The molecule has 3 aromatic rings. The van der Waals surface area contributed by atoms with Gasteiger partial charge in [-0.05, 0) is 47.9 Å². The van der Waals surface area contributed by atoms with E-state index in [0.717, 1.165) is 24.5 Å². The average Bonchev–Trinajstić information content (AvgIpc) is 3.42. The first-order chi connectivity index (χ1) is 16.1. The van der Waals surface area contributed by atoms with Crippen molar-refractivity contribution in [3.63, 3.8) is 0 Å². The molecule has 1 saturated heterocycles. The van der Waals surface area contributed by atoms with E-state index in [2.05, 4.69) is 46.3 Å². The van der Waals surface area contributed by atoms with Crippen molar-refractivity contribution in [3.05, 3.63) is 89.7 Å². The smallest absolute Gasteiger partial charge is 0.251 e. The molecule has 2 atom stereocenters. The predicted molar refractivity (Wildman–Crippen MR) is 127 cm³/mol. The van der Waals surface area contributed by atoms with Crippen LogP contribution in [0.25, 0.3) is 0 Å². The highest BCUT2D eigenvalue weighted by Gasteiger charge is 2.50. The van der Waals surface area contributed by atoms with E-state index >= 15 is 0 Å².